The second-order valence-electron chi connectivity index (χ2n) is 4.02. The molecular formula is C13H14N2O2. The molecule has 0 unspecified atom stereocenters. The normalized spacial score (nSPS) is 10.2. The summed E-state index contributed by atoms with van der Waals surface area (Å²) < 4.78 is 4.90. The summed E-state index contributed by atoms with van der Waals surface area (Å²) in [6, 6.07) is 9.42. The van der Waals surface area contributed by atoms with Gasteiger partial charge in [-0.3, -0.25) is 4.79 Å². The fraction of sp³-hybridized carbons (Fsp3) is 0.231. The van der Waals surface area contributed by atoms with Crippen LogP contribution < -0.4 is 5.32 Å². The highest BCUT2D eigenvalue weighted by Crippen LogP contribution is 2.09. The van der Waals surface area contributed by atoms with E-state index in [1.165, 1.54) is 0 Å². The Morgan fingerprint density at radius 1 is 1.29 bits per heavy atom. The van der Waals surface area contributed by atoms with Crippen LogP contribution in [0.5, 0.6) is 0 Å². The SMILES string of the molecule is Cc1ccc(NC(=O)Cc2cc(C)on2)cc1. The van der Waals surface area contributed by atoms with E-state index in [9.17, 15) is 4.79 Å². The average Bonchev–Trinajstić information content (AvgIpc) is 2.67. The molecular weight excluding hydrogens is 216 g/mol. The van der Waals surface area contributed by atoms with Gasteiger partial charge >= 0.3 is 0 Å². The predicted octanol–water partition coefficient (Wildman–Crippen LogP) is 2.47. The summed E-state index contributed by atoms with van der Waals surface area (Å²) in [6.45, 7) is 3.80. The zero-order chi connectivity index (χ0) is 12.3. The van der Waals surface area contributed by atoms with Crippen LogP contribution in [-0.4, -0.2) is 11.1 Å². The number of hydrogen-bond acceptors (Lipinski definition) is 3. The lowest BCUT2D eigenvalue weighted by Crippen LogP contribution is -2.14. The molecule has 0 bridgehead atoms. The highest BCUT2D eigenvalue weighted by molar-refractivity contribution is 5.91. The van der Waals surface area contributed by atoms with E-state index in [0.29, 0.717) is 11.5 Å². The van der Waals surface area contributed by atoms with E-state index in [1.54, 1.807) is 13.0 Å². The van der Waals surface area contributed by atoms with Crippen LogP contribution in [-0.2, 0) is 11.2 Å². The molecule has 0 fully saturated rings. The molecule has 0 aliphatic heterocycles. The molecule has 0 spiro atoms. The minimum Gasteiger partial charge on any atom is -0.361 e. The Morgan fingerprint density at radius 2 is 2.00 bits per heavy atom. The molecule has 0 atom stereocenters. The standard InChI is InChI=1S/C13H14N2O2/c1-9-3-5-11(6-4-9)14-13(16)8-12-7-10(2)17-15-12/h3-7H,8H2,1-2H3,(H,14,16). The number of aromatic nitrogens is 1. The van der Waals surface area contributed by atoms with Crippen molar-refractivity contribution in [2.24, 2.45) is 0 Å². The molecule has 4 nitrogen and oxygen atoms in total. The summed E-state index contributed by atoms with van der Waals surface area (Å²) >= 11 is 0. The van der Waals surface area contributed by atoms with E-state index in [2.05, 4.69) is 10.5 Å². The summed E-state index contributed by atoms with van der Waals surface area (Å²) in [5, 5.41) is 6.58. The van der Waals surface area contributed by atoms with E-state index in [1.807, 2.05) is 31.2 Å². The molecule has 0 aliphatic rings. The van der Waals surface area contributed by atoms with Gasteiger partial charge in [-0.15, -0.1) is 0 Å². The minimum absolute atomic E-state index is 0.0952. The van der Waals surface area contributed by atoms with Crippen molar-refractivity contribution in [3.8, 4) is 0 Å². The maximum absolute atomic E-state index is 11.7. The monoisotopic (exact) mass is 230 g/mol. The van der Waals surface area contributed by atoms with E-state index >= 15 is 0 Å². The number of anilines is 1. The molecule has 17 heavy (non-hydrogen) atoms. The number of rotatable bonds is 3. The van der Waals surface area contributed by atoms with Gasteiger partial charge < -0.3 is 9.84 Å². The number of carbonyl (C=O) groups excluding carboxylic acids is 1. The number of carbonyl (C=O) groups is 1. The summed E-state index contributed by atoms with van der Waals surface area (Å²) in [6.07, 6.45) is 0.227. The Morgan fingerprint density at radius 3 is 2.59 bits per heavy atom. The van der Waals surface area contributed by atoms with Crippen LogP contribution in [0.1, 0.15) is 17.0 Å². The van der Waals surface area contributed by atoms with Crippen molar-refractivity contribution in [1.29, 1.82) is 0 Å². The first-order valence-corrected chi connectivity index (χ1v) is 5.42. The number of aryl methyl sites for hydroxylation is 2. The summed E-state index contributed by atoms with van der Waals surface area (Å²) in [5.41, 5.74) is 2.60. The first kappa shape index (κ1) is 11.4. The van der Waals surface area contributed by atoms with Crippen molar-refractivity contribution < 1.29 is 9.32 Å². The lowest BCUT2D eigenvalue weighted by Gasteiger charge is -2.03. The van der Waals surface area contributed by atoms with Crippen LogP contribution in [0.25, 0.3) is 0 Å². The van der Waals surface area contributed by atoms with Gasteiger partial charge in [0.1, 0.15) is 5.76 Å². The van der Waals surface area contributed by atoms with Crippen LogP contribution >= 0.6 is 0 Å². The average molecular weight is 230 g/mol. The molecule has 1 aromatic carbocycles. The Hall–Kier alpha value is -2.10. The van der Waals surface area contributed by atoms with E-state index in [0.717, 1.165) is 11.3 Å². The van der Waals surface area contributed by atoms with Crippen molar-refractivity contribution in [3.63, 3.8) is 0 Å². The Labute approximate surface area is 99.6 Å². The van der Waals surface area contributed by atoms with E-state index < -0.39 is 0 Å². The lowest BCUT2D eigenvalue weighted by molar-refractivity contribution is -0.115. The van der Waals surface area contributed by atoms with Crippen LogP contribution in [0.3, 0.4) is 0 Å². The molecule has 0 radical (unpaired) electrons. The topological polar surface area (TPSA) is 55.1 Å². The second-order valence-corrected chi connectivity index (χ2v) is 4.02. The van der Waals surface area contributed by atoms with Crippen molar-refractivity contribution in [2.45, 2.75) is 20.3 Å². The van der Waals surface area contributed by atoms with Gasteiger partial charge in [-0.2, -0.15) is 0 Å². The first-order chi connectivity index (χ1) is 8.13. The summed E-state index contributed by atoms with van der Waals surface area (Å²) in [5.74, 6) is 0.616. The number of nitrogens with zero attached hydrogens (tertiary/aromatic N) is 1. The quantitative estimate of drug-likeness (QED) is 0.881. The molecule has 4 heteroatoms. The molecule has 88 valence electrons. The molecule has 1 amide bonds. The van der Waals surface area contributed by atoms with Crippen LogP contribution in [0.2, 0.25) is 0 Å². The maximum atomic E-state index is 11.7. The van der Waals surface area contributed by atoms with Gasteiger partial charge in [0.05, 0.1) is 12.1 Å². The van der Waals surface area contributed by atoms with Gasteiger partial charge in [-0.1, -0.05) is 22.9 Å². The second kappa shape index (κ2) is 4.82. The Kier molecular flexibility index (Phi) is 3.23. The Bertz CT molecular complexity index is 514. The van der Waals surface area contributed by atoms with Gasteiger partial charge in [-0.25, -0.2) is 0 Å². The molecule has 0 saturated carbocycles. The Balaban J connectivity index is 1.95. The summed E-state index contributed by atoms with van der Waals surface area (Å²) in [4.78, 5) is 11.7. The third kappa shape index (κ3) is 3.17. The third-order valence-corrected chi connectivity index (χ3v) is 2.35. The molecule has 1 aromatic heterocycles. The zero-order valence-corrected chi connectivity index (χ0v) is 9.86. The summed E-state index contributed by atoms with van der Waals surface area (Å²) in [7, 11) is 0. The highest BCUT2D eigenvalue weighted by Gasteiger charge is 2.07. The number of benzene rings is 1. The van der Waals surface area contributed by atoms with Crippen molar-refractivity contribution in [2.75, 3.05) is 5.32 Å². The molecule has 2 aromatic rings. The number of hydrogen-bond donors (Lipinski definition) is 1. The molecule has 2 rings (SSSR count). The largest absolute Gasteiger partial charge is 0.361 e. The third-order valence-electron chi connectivity index (χ3n) is 2.35. The van der Waals surface area contributed by atoms with Crippen molar-refractivity contribution in [3.05, 3.63) is 47.3 Å². The van der Waals surface area contributed by atoms with Crippen LogP contribution in [0, 0.1) is 13.8 Å². The fourth-order valence-corrected chi connectivity index (χ4v) is 1.51. The minimum atomic E-state index is -0.0952. The molecule has 1 heterocycles. The predicted molar refractivity (Wildman–Crippen MR) is 64.8 cm³/mol. The van der Waals surface area contributed by atoms with Crippen molar-refractivity contribution >= 4 is 11.6 Å². The van der Waals surface area contributed by atoms with Crippen LogP contribution in [0.15, 0.2) is 34.9 Å². The van der Waals surface area contributed by atoms with E-state index in [-0.39, 0.29) is 12.3 Å². The number of nitrogens with one attached hydrogen (secondary N) is 1. The first-order valence-electron chi connectivity index (χ1n) is 5.42. The lowest BCUT2D eigenvalue weighted by atomic mass is 10.2. The number of amides is 1. The van der Waals surface area contributed by atoms with Crippen molar-refractivity contribution in [1.82, 2.24) is 5.16 Å². The fourth-order valence-electron chi connectivity index (χ4n) is 1.51. The molecule has 0 aliphatic carbocycles. The van der Waals surface area contributed by atoms with Gasteiger partial charge in [-0.05, 0) is 26.0 Å². The van der Waals surface area contributed by atoms with Gasteiger partial charge in [0, 0.05) is 11.8 Å². The smallest absolute Gasteiger partial charge is 0.230 e. The van der Waals surface area contributed by atoms with E-state index in [4.69, 9.17) is 4.52 Å². The zero-order valence-electron chi connectivity index (χ0n) is 9.86. The van der Waals surface area contributed by atoms with Gasteiger partial charge in [0.15, 0.2) is 0 Å². The molecule has 1 N–H and O–H groups in total. The molecule has 0 saturated heterocycles. The van der Waals surface area contributed by atoms with Gasteiger partial charge in [0.2, 0.25) is 5.91 Å². The highest BCUT2D eigenvalue weighted by atomic mass is 16.5. The van der Waals surface area contributed by atoms with Gasteiger partial charge in [0.25, 0.3) is 0 Å². The maximum Gasteiger partial charge on any atom is 0.230 e. The van der Waals surface area contributed by atoms with Crippen LogP contribution in [0.4, 0.5) is 5.69 Å².